The maximum absolute atomic E-state index is 6.24. The lowest BCUT2D eigenvalue weighted by Crippen LogP contribution is -2.45. The van der Waals surface area contributed by atoms with Gasteiger partial charge in [0, 0.05) is 19.1 Å². The van der Waals surface area contributed by atoms with Gasteiger partial charge in [-0.25, -0.2) is 0 Å². The first-order valence-corrected chi connectivity index (χ1v) is 8.55. The summed E-state index contributed by atoms with van der Waals surface area (Å²) in [7, 11) is -0.299. The van der Waals surface area contributed by atoms with Crippen molar-refractivity contribution < 1.29 is 14.0 Å². The molecular formula is C18H28BNO3. The van der Waals surface area contributed by atoms with E-state index < -0.39 is 0 Å². The summed E-state index contributed by atoms with van der Waals surface area (Å²) in [5.74, 6) is 0. The fourth-order valence-corrected chi connectivity index (χ4v) is 3.09. The summed E-state index contributed by atoms with van der Waals surface area (Å²) in [5.41, 5.74) is 1.80. The number of rotatable bonds is 3. The number of morpholine rings is 1. The van der Waals surface area contributed by atoms with E-state index >= 15 is 0 Å². The molecule has 0 aliphatic carbocycles. The second-order valence-corrected chi connectivity index (χ2v) is 7.68. The van der Waals surface area contributed by atoms with Crippen LogP contribution in [0, 0.1) is 0 Å². The van der Waals surface area contributed by atoms with Gasteiger partial charge >= 0.3 is 7.12 Å². The zero-order valence-electron chi connectivity index (χ0n) is 15.0. The van der Waals surface area contributed by atoms with E-state index in [1.54, 1.807) is 0 Å². The number of nitrogens with zero attached hydrogens (tertiary/aromatic N) is 1. The topological polar surface area (TPSA) is 30.9 Å². The molecule has 2 saturated heterocycles. The minimum atomic E-state index is -0.308. The Labute approximate surface area is 140 Å². The number of benzene rings is 1. The Hall–Kier alpha value is -0.875. The van der Waals surface area contributed by atoms with Crippen molar-refractivity contribution in [1.82, 2.24) is 4.90 Å². The van der Waals surface area contributed by atoms with E-state index in [1.165, 1.54) is 5.56 Å². The summed E-state index contributed by atoms with van der Waals surface area (Å²) < 4.78 is 18.0. The van der Waals surface area contributed by atoms with E-state index in [2.05, 4.69) is 63.8 Å². The minimum Gasteiger partial charge on any atom is -0.399 e. The smallest absolute Gasteiger partial charge is 0.399 e. The monoisotopic (exact) mass is 317 g/mol. The van der Waals surface area contributed by atoms with Gasteiger partial charge in [-0.05, 0) is 45.6 Å². The van der Waals surface area contributed by atoms with E-state index in [1.807, 2.05) is 0 Å². The van der Waals surface area contributed by atoms with E-state index in [0.29, 0.717) is 6.04 Å². The van der Waals surface area contributed by atoms with Gasteiger partial charge in [0.2, 0.25) is 0 Å². The summed E-state index contributed by atoms with van der Waals surface area (Å²) in [6.07, 6.45) is 0. The lowest BCUT2D eigenvalue weighted by molar-refractivity contribution is -0.00427. The van der Waals surface area contributed by atoms with Crippen LogP contribution in [0.2, 0.25) is 0 Å². The third-order valence-electron chi connectivity index (χ3n) is 5.44. The first-order valence-electron chi connectivity index (χ1n) is 8.55. The quantitative estimate of drug-likeness (QED) is 0.800. The molecule has 1 unspecified atom stereocenters. The van der Waals surface area contributed by atoms with Crippen LogP contribution in [-0.2, 0) is 20.6 Å². The molecule has 0 bridgehead atoms. The summed E-state index contributed by atoms with van der Waals surface area (Å²) in [6.45, 7) is 14.1. The molecule has 0 amide bonds. The first-order chi connectivity index (χ1) is 10.8. The molecular weight excluding hydrogens is 289 g/mol. The Morgan fingerprint density at radius 2 is 1.78 bits per heavy atom. The second-order valence-electron chi connectivity index (χ2n) is 7.68. The van der Waals surface area contributed by atoms with Crippen LogP contribution in [0.4, 0.5) is 0 Å². The first kappa shape index (κ1) is 17.0. The standard InChI is InChI=1S/C18H28BNO3/c1-14-13-21-11-10-20(14)12-15-8-6-7-9-16(15)19-22-17(2,3)18(4,5)23-19/h6-9,14H,10-13H2,1-5H3. The molecule has 1 aromatic carbocycles. The molecule has 0 radical (unpaired) electrons. The molecule has 2 aliphatic rings. The van der Waals surface area contributed by atoms with Gasteiger partial charge in [-0.15, -0.1) is 0 Å². The molecule has 0 N–H and O–H groups in total. The predicted octanol–water partition coefficient (Wildman–Crippen LogP) is 2.21. The SMILES string of the molecule is CC1COCCN1Cc1ccccc1B1OC(C)(C)C(C)(C)O1. The van der Waals surface area contributed by atoms with E-state index in [9.17, 15) is 0 Å². The Bertz CT molecular complexity index is 545. The molecule has 3 rings (SSSR count). The van der Waals surface area contributed by atoms with Crippen LogP contribution < -0.4 is 5.46 Å². The Balaban J connectivity index is 1.82. The van der Waals surface area contributed by atoms with Crippen molar-refractivity contribution in [2.45, 2.75) is 58.4 Å². The molecule has 4 nitrogen and oxygen atoms in total. The largest absolute Gasteiger partial charge is 0.495 e. The third-order valence-corrected chi connectivity index (χ3v) is 5.44. The van der Waals surface area contributed by atoms with Crippen LogP contribution in [0.25, 0.3) is 0 Å². The van der Waals surface area contributed by atoms with Crippen molar-refractivity contribution in [3.8, 4) is 0 Å². The normalized spacial score (nSPS) is 27.3. The highest BCUT2D eigenvalue weighted by molar-refractivity contribution is 6.62. The fraction of sp³-hybridized carbons (Fsp3) is 0.667. The van der Waals surface area contributed by atoms with Gasteiger partial charge in [-0.3, -0.25) is 4.90 Å². The van der Waals surface area contributed by atoms with Crippen molar-refractivity contribution in [3.63, 3.8) is 0 Å². The highest BCUT2D eigenvalue weighted by Gasteiger charge is 2.52. The van der Waals surface area contributed by atoms with Crippen LogP contribution in [-0.4, -0.2) is 49.0 Å². The van der Waals surface area contributed by atoms with Crippen molar-refractivity contribution >= 4 is 12.6 Å². The van der Waals surface area contributed by atoms with Crippen LogP contribution in [0.3, 0.4) is 0 Å². The molecule has 5 heteroatoms. The average molecular weight is 317 g/mol. The van der Waals surface area contributed by atoms with Crippen LogP contribution in [0.1, 0.15) is 40.2 Å². The maximum atomic E-state index is 6.24. The summed E-state index contributed by atoms with van der Waals surface area (Å²) >= 11 is 0. The van der Waals surface area contributed by atoms with Gasteiger partial charge in [-0.1, -0.05) is 24.3 Å². The van der Waals surface area contributed by atoms with Crippen LogP contribution in [0.5, 0.6) is 0 Å². The third kappa shape index (κ3) is 3.34. The molecule has 0 saturated carbocycles. The molecule has 2 heterocycles. The Kier molecular flexibility index (Phi) is 4.58. The van der Waals surface area contributed by atoms with Gasteiger partial charge in [0.15, 0.2) is 0 Å². The summed E-state index contributed by atoms with van der Waals surface area (Å²) in [6, 6.07) is 8.91. The van der Waals surface area contributed by atoms with Crippen molar-refractivity contribution in [2.75, 3.05) is 19.8 Å². The second kappa shape index (κ2) is 6.21. The maximum Gasteiger partial charge on any atom is 0.495 e. The Morgan fingerprint density at radius 3 is 2.43 bits per heavy atom. The van der Waals surface area contributed by atoms with Gasteiger partial charge < -0.3 is 14.0 Å². The zero-order chi connectivity index (χ0) is 16.7. The molecule has 0 spiro atoms. The van der Waals surface area contributed by atoms with Gasteiger partial charge in [-0.2, -0.15) is 0 Å². The van der Waals surface area contributed by atoms with Gasteiger partial charge in [0.05, 0.1) is 24.4 Å². The molecule has 1 atom stereocenters. The zero-order valence-corrected chi connectivity index (χ0v) is 15.0. The minimum absolute atomic E-state index is 0.299. The molecule has 0 aromatic heterocycles. The van der Waals surface area contributed by atoms with E-state index in [4.69, 9.17) is 14.0 Å². The lowest BCUT2D eigenvalue weighted by Gasteiger charge is -2.33. The van der Waals surface area contributed by atoms with E-state index in [-0.39, 0.29) is 18.3 Å². The van der Waals surface area contributed by atoms with Gasteiger partial charge in [0.25, 0.3) is 0 Å². The predicted molar refractivity (Wildman–Crippen MR) is 92.8 cm³/mol. The highest BCUT2D eigenvalue weighted by atomic mass is 16.7. The summed E-state index contributed by atoms with van der Waals surface area (Å²) in [5, 5.41) is 0. The average Bonchev–Trinajstić information content (AvgIpc) is 2.70. The Morgan fingerprint density at radius 1 is 1.13 bits per heavy atom. The number of hydrogen-bond donors (Lipinski definition) is 0. The molecule has 126 valence electrons. The molecule has 2 aliphatic heterocycles. The van der Waals surface area contributed by atoms with Crippen LogP contribution >= 0.6 is 0 Å². The van der Waals surface area contributed by atoms with Crippen molar-refractivity contribution in [1.29, 1.82) is 0 Å². The molecule has 2 fully saturated rings. The lowest BCUT2D eigenvalue weighted by atomic mass is 9.76. The number of ether oxygens (including phenoxy) is 1. The van der Waals surface area contributed by atoms with Gasteiger partial charge in [0.1, 0.15) is 0 Å². The number of hydrogen-bond acceptors (Lipinski definition) is 4. The van der Waals surface area contributed by atoms with E-state index in [0.717, 1.165) is 31.8 Å². The molecule has 23 heavy (non-hydrogen) atoms. The highest BCUT2D eigenvalue weighted by Crippen LogP contribution is 2.36. The fourth-order valence-electron chi connectivity index (χ4n) is 3.09. The van der Waals surface area contributed by atoms with Crippen molar-refractivity contribution in [3.05, 3.63) is 29.8 Å². The molecule has 1 aromatic rings. The van der Waals surface area contributed by atoms with Crippen molar-refractivity contribution in [2.24, 2.45) is 0 Å². The van der Waals surface area contributed by atoms with Crippen LogP contribution in [0.15, 0.2) is 24.3 Å². The summed E-state index contributed by atoms with van der Waals surface area (Å²) in [4.78, 5) is 2.47.